The average Bonchev–Trinajstić information content (AvgIpc) is 2.26. The van der Waals surface area contributed by atoms with E-state index in [9.17, 15) is 0 Å². The highest BCUT2D eigenvalue weighted by molar-refractivity contribution is 5.24. The van der Waals surface area contributed by atoms with Crippen molar-refractivity contribution in [3.05, 3.63) is 23.8 Å². The zero-order chi connectivity index (χ0) is 11.1. The summed E-state index contributed by atoms with van der Waals surface area (Å²) in [6.45, 7) is 6.50. The molecule has 1 aliphatic carbocycles. The Morgan fingerprint density at radius 1 is 1.47 bits per heavy atom. The Morgan fingerprint density at radius 3 is 2.67 bits per heavy atom. The molecule has 1 heterocycles. The number of hydrogen-bond donors (Lipinski definition) is 1. The highest BCUT2D eigenvalue weighted by Gasteiger charge is 2.50. The molecule has 3 unspecified atom stereocenters. The van der Waals surface area contributed by atoms with Crippen molar-refractivity contribution in [1.29, 1.82) is 0 Å². The standard InChI is InChI=1S/C12H19N3/c1-4-12(3)9(7-10(12)13)11-8(2)14-5-6-15-11/h5-6,9-10H,4,7,13H2,1-3H3. The Kier molecular flexibility index (Phi) is 2.51. The van der Waals surface area contributed by atoms with Crippen LogP contribution in [0.4, 0.5) is 0 Å². The van der Waals surface area contributed by atoms with E-state index < -0.39 is 0 Å². The Balaban J connectivity index is 2.31. The minimum absolute atomic E-state index is 0.209. The summed E-state index contributed by atoms with van der Waals surface area (Å²) < 4.78 is 0. The van der Waals surface area contributed by atoms with Crippen LogP contribution in [0.15, 0.2) is 12.4 Å². The molecule has 1 aliphatic rings. The number of nitrogens with zero attached hydrogens (tertiary/aromatic N) is 2. The molecular weight excluding hydrogens is 186 g/mol. The summed E-state index contributed by atoms with van der Waals surface area (Å²) in [5, 5.41) is 0. The summed E-state index contributed by atoms with van der Waals surface area (Å²) in [5.74, 6) is 0.492. The maximum atomic E-state index is 6.10. The van der Waals surface area contributed by atoms with Gasteiger partial charge in [-0.25, -0.2) is 0 Å². The summed E-state index contributed by atoms with van der Waals surface area (Å²) in [4.78, 5) is 8.76. The molecular formula is C12H19N3. The van der Waals surface area contributed by atoms with Crippen molar-refractivity contribution in [3.8, 4) is 0 Å². The van der Waals surface area contributed by atoms with E-state index in [0.717, 1.165) is 24.2 Å². The fourth-order valence-electron chi connectivity index (χ4n) is 2.58. The van der Waals surface area contributed by atoms with Gasteiger partial charge in [-0.05, 0) is 25.2 Å². The predicted molar refractivity (Wildman–Crippen MR) is 60.5 cm³/mol. The predicted octanol–water partition coefficient (Wildman–Crippen LogP) is 2.02. The van der Waals surface area contributed by atoms with Gasteiger partial charge in [0.05, 0.1) is 11.4 Å². The largest absolute Gasteiger partial charge is 0.327 e. The molecule has 3 atom stereocenters. The zero-order valence-electron chi connectivity index (χ0n) is 9.70. The molecule has 2 rings (SSSR count). The van der Waals surface area contributed by atoms with Gasteiger partial charge in [0.15, 0.2) is 0 Å². The smallest absolute Gasteiger partial charge is 0.0653 e. The van der Waals surface area contributed by atoms with E-state index in [1.165, 1.54) is 0 Å². The Hall–Kier alpha value is -0.960. The first-order valence-electron chi connectivity index (χ1n) is 5.62. The molecule has 1 aromatic heterocycles. The van der Waals surface area contributed by atoms with Crippen molar-refractivity contribution in [2.75, 3.05) is 0 Å². The van der Waals surface area contributed by atoms with Crippen LogP contribution in [-0.4, -0.2) is 16.0 Å². The van der Waals surface area contributed by atoms with Crippen LogP contribution in [-0.2, 0) is 0 Å². The van der Waals surface area contributed by atoms with Gasteiger partial charge < -0.3 is 5.73 Å². The molecule has 15 heavy (non-hydrogen) atoms. The van der Waals surface area contributed by atoms with Gasteiger partial charge in [-0.1, -0.05) is 13.8 Å². The van der Waals surface area contributed by atoms with Crippen molar-refractivity contribution in [3.63, 3.8) is 0 Å². The minimum atomic E-state index is 0.209. The number of aromatic nitrogens is 2. The fourth-order valence-corrected chi connectivity index (χ4v) is 2.58. The first kappa shape index (κ1) is 10.6. The third kappa shape index (κ3) is 1.46. The molecule has 2 N–H and O–H groups in total. The molecule has 0 saturated heterocycles. The second-order valence-corrected chi connectivity index (χ2v) is 4.78. The molecule has 1 fully saturated rings. The molecule has 0 aromatic carbocycles. The van der Waals surface area contributed by atoms with E-state index in [1.54, 1.807) is 12.4 Å². The van der Waals surface area contributed by atoms with E-state index in [4.69, 9.17) is 5.73 Å². The Morgan fingerprint density at radius 2 is 2.13 bits per heavy atom. The number of nitrogens with two attached hydrogens (primary N) is 1. The molecule has 0 spiro atoms. The second kappa shape index (κ2) is 3.56. The van der Waals surface area contributed by atoms with Crippen molar-refractivity contribution in [2.45, 2.75) is 45.6 Å². The topological polar surface area (TPSA) is 51.8 Å². The quantitative estimate of drug-likeness (QED) is 0.803. The van der Waals surface area contributed by atoms with Crippen LogP contribution >= 0.6 is 0 Å². The first-order chi connectivity index (χ1) is 7.09. The van der Waals surface area contributed by atoms with E-state index in [0.29, 0.717) is 12.0 Å². The third-order valence-electron chi connectivity index (χ3n) is 4.14. The van der Waals surface area contributed by atoms with Gasteiger partial charge in [0, 0.05) is 24.4 Å². The van der Waals surface area contributed by atoms with E-state index in [2.05, 4.69) is 23.8 Å². The van der Waals surface area contributed by atoms with Crippen molar-refractivity contribution >= 4 is 0 Å². The van der Waals surface area contributed by atoms with Gasteiger partial charge in [-0.15, -0.1) is 0 Å². The number of aryl methyl sites for hydroxylation is 1. The van der Waals surface area contributed by atoms with Crippen LogP contribution in [0.5, 0.6) is 0 Å². The Labute approximate surface area is 91.1 Å². The monoisotopic (exact) mass is 205 g/mol. The SMILES string of the molecule is CCC1(C)C(N)CC1c1nccnc1C. The summed E-state index contributed by atoms with van der Waals surface area (Å²) >= 11 is 0. The maximum Gasteiger partial charge on any atom is 0.0653 e. The average molecular weight is 205 g/mol. The van der Waals surface area contributed by atoms with Crippen molar-refractivity contribution in [2.24, 2.45) is 11.1 Å². The molecule has 0 bridgehead atoms. The van der Waals surface area contributed by atoms with Crippen LogP contribution < -0.4 is 5.73 Å². The summed E-state index contributed by atoms with van der Waals surface area (Å²) in [6, 6.07) is 0.314. The van der Waals surface area contributed by atoms with Gasteiger partial charge >= 0.3 is 0 Å². The highest BCUT2D eigenvalue weighted by atomic mass is 14.8. The van der Waals surface area contributed by atoms with Crippen molar-refractivity contribution < 1.29 is 0 Å². The second-order valence-electron chi connectivity index (χ2n) is 4.78. The normalized spacial score (nSPS) is 34.9. The summed E-state index contributed by atoms with van der Waals surface area (Å²) in [7, 11) is 0. The molecule has 82 valence electrons. The van der Waals surface area contributed by atoms with Crippen LogP contribution in [0.1, 0.15) is 44.0 Å². The van der Waals surface area contributed by atoms with Crippen LogP contribution in [0.2, 0.25) is 0 Å². The molecule has 1 saturated carbocycles. The van der Waals surface area contributed by atoms with E-state index >= 15 is 0 Å². The maximum absolute atomic E-state index is 6.10. The van der Waals surface area contributed by atoms with Gasteiger partial charge in [0.1, 0.15) is 0 Å². The molecule has 3 heteroatoms. The fraction of sp³-hybridized carbons (Fsp3) is 0.667. The highest BCUT2D eigenvalue weighted by Crippen LogP contribution is 2.53. The lowest BCUT2D eigenvalue weighted by Crippen LogP contribution is -2.54. The molecule has 0 aliphatic heterocycles. The molecule has 0 radical (unpaired) electrons. The van der Waals surface area contributed by atoms with Gasteiger partial charge in [-0.3, -0.25) is 9.97 Å². The van der Waals surface area contributed by atoms with Crippen LogP contribution in [0, 0.1) is 12.3 Å². The lowest BCUT2D eigenvalue weighted by Gasteiger charge is -2.52. The van der Waals surface area contributed by atoms with Gasteiger partial charge in [-0.2, -0.15) is 0 Å². The van der Waals surface area contributed by atoms with Gasteiger partial charge in [0.2, 0.25) is 0 Å². The van der Waals surface area contributed by atoms with Crippen LogP contribution in [0.25, 0.3) is 0 Å². The van der Waals surface area contributed by atoms with E-state index in [-0.39, 0.29) is 5.41 Å². The lowest BCUT2D eigenvalue weighted by molar-refractivity contribution is 0.0672. The van der Waals surface area contributed by atoms with Crippen molar-refractivity contribution in [1.82, 2.24) is 9.97 Å². The zero-order valence-corrected chi connectivity index (χ0v) is 9.70. The first-order valence-corrected chi connectivity index (χ1v) is 5.62. The van der Waals surface area contributed by atoms with Gasteiger partial charge in [0.25, 0.3) is 0 Å². The summed E-state index contributed by atoms with van der Waals surface area (Å²) in [6.07, 6.45) is 5.68. The Bertz CT molecular complexity index is 364. The third-order valence-corrected chi connectivity index (χ3v) is 4.14. The van der Waals surface area contributed by atoms with Crippen LogP contribution in [0.3, 0.4) is 0 Å². The minimum Gasteiger partial charge on any atom is -0.327 e. The van der Waals surface area contributed by atoms with E-state index in [1.807, 2.05) is 6.92 Å². The number of rotatable bonds is 2. The molecule has 3 nitrogen and oxygen atoms in total. The molecule has 1 aromatic rings. The lowest BCUT2D eigenvalue weighted by atomic mass is 9.55. The molecule has 0 amide bonds. The summed E-state index contributed by atoms with van der Waals surface area (Å²) in [5.41, 5.74) is 8.50. The number of hydrogen-bond acceptors (Lipinski definition) is 3.